The van der Waals surface area contributed by atoms with Gasteiger partial charge in [0.15, 0.2) is 0 Å². The summed E-state index contributed by atoms with van der Waals surface area (Å²) in [5.74, 6) is 2.89. The molecule has 1 aromatic rings. The molecule has 0 spiro atoms. The molecular weight excluding hydrogens is 240 g/mol. The molecule has 19 heavy (non-hydrogen) atoms. The van der Waals surface area contributed by atoms with Gasteiger partial charge in [-0.25, -0.2) is 0 Å². The molecule has 0 aromatic carbocycles. The van der Waals surface area contributed by atoms with Crippen molar-refractivity contribution in [2.75, 3.05) is 0 Å². The number of hydrogen-bond donors (Lipinski definition) is 1. The van der Waals surface area contributed by atoms with Gasteiger partial charge in [-0.15, -0.1) is 0 Å². The normalized spacial score (nSPS) is 43.6. The van der Waals surface area contributed by atoms with Crippen LogP contribution in [0, 0.1) is 30.6 Å². The molecule has 0 radical (unpaired) electrons. The van der Waals surface area contributed by atoms with Gasteiger partial charge in [0.2, 0.25) is 0 Å². The van der Waals surface area contributed by atoms with Crippen molar-refractivity contribution in [3.05, 3.63) is 23.7 Å². The van der Waals surface area contributed by atoms with Gasteiger partial charge < -0.3 is 9.52 Å². The Morgan fingerprint density at radius 2 is 1.95 bits per heavy atom. The number of rotatable bonds is 2. The summed E-state index contributed by atoms with van der Waals surface area (Å²) in [5.41, 5.74) is 0.150. The number of hydrogen-bond acceptors (Lipinski definition) is 2. The molecule has 102 valence electrons. The predicted molar refractivity (Wildman–Crippen MR) is 69.8 cm³/mol. The molecule has 0 aliphatic heterocycles. The summed E-state index contributed by atoms with van der Waals surface area (Å²) in [6.07, 6.45) is 5.48. The van der Waals surface area contributed by atoms with E-state index in [2.05, 4.69) is 6.07 Å². The summed E-state index contributed by atoms with van der Waals surface area (Å²) in [6.45, 7) is 1.99. The largest absolute Gasteiger partial charge is 0.481 e. The van der Waals surface area contributed by atoms with E-state index in [1.54, 1.807) is 0 Å². The second kappa shape index (κ2) is 3.65. The number of carboxylic acids is 1. The van der Waals surface area contributed by atoms with Crippen LogP contribution in [-0.2, 0) is 10.2 Å². The van der Waals surface area contributed by atoms with E-state index in [0.717, 1.165) is 43.1 Å². The van der Waals surface area contributed by atoms with Gasteiger partial charge in [0.1, 0.15) is 11.5 Å². The van der Waals surface area contributed by atoms with Crippen molar-refractivity contribution in [2.24, 2.45) is 23.7 Å². The van der Waals surface area contributed by atoms with E-state index < -0.39 is 5.97 Å². The minimum Gasteiger partial charge on any atom is -0.481 e. The Bertz CT molecular complexity index is 514. The minimum atomic E-state index is -0.570. The fourth-order valence-electron chi connectivity index (χ4n) is 5.45. The van der Waals surface area contributed by atoms with Gasteiger partial charge in [-0.2, -0.15) is 0 Å². The molecule has 1 heterocycles. The first-order chi connectivity index (χ1) is 9.07. The molecule has 3 heteroatoms. The molecular formula is C16H20O3. The van der Waals surface area contributed by atoms with Gasteiger partial charge in [-0.05, 0) is 68.9 Å². The average molecular weight is 260 g/mol. The van der Waals surface area contributed by atoms with Crippen molar-refractivity contribution in [3.8, 4) is 0 Å². The first kappa shape index (κ1) is 11.6. The van der Waals surface area contributed by atoms with Gasteiger partial charge in [0.05, 0.1) is 5.92 Å². The Morgan fingerprint density at radius 3 is 2.47 bits per heavy atom. The zero-order valence-corrected chi connectivity index (χ0v) is 11.3. The minimum absolute atomic E-state index is 0.0965. The quantitative estimate of drug-likeness (QED) is 0.887. The second-order valence-electron chi connectivity index (χ2n) is 7.02. The van der Waals surface area contributed by atoms with Crippen LogP contribution in [0.4, 0.5) is 0 Å². The van der Waals surface area contributed by atoms with Crippen molar-refractivity contribution in [1.29, 1.82) is 0 Å². The molecule has 4 fully saturated rings. The molecule has 0 amide bonds. The summed E-state index contributed by atoms with van der Waals surface area (Å²) in [5, 5.41) is 9.48. The van der Waals surface area contributed by atoms with E-state index in [1.807, 2.05) is 13.0 Å². The standard InChI is InChI=1S/C16H20O3/c1-9-2-3-13(19-9)16-6-10-4-11(7-16)14(15(17)18)12(5-10)8-16/h2-3,10-12,14H,4-8H2,1H3,(H,17,18). The van der Waals surface area contributed by atoms with Crippen molar-refractivity contribution in [1.82, 2.24) is 0 Å². The monoisotopic (exact) mass is 260 g/mol. The molecule has 3 nitrogen and oxygen atoms in total. The lowest BCUT2D eigenvalue weighted by Gasteiger charge is -2.58. The molecule has 4 aliphatic carbocycles. The highest BCUT2D eigenvalue weighted by atomic mass is 16.4. The third-order valence-corrected chi connectivity index (χ3v) is 5.82. The Hall–Kier alpha value is -1.25. The first-order valence-electron chi connectivity index (χ1n) is 7.37. The summed E-state index contributed by atoms with van der Waals surface area (Å²) >= 11 is 0. The lowest BCUT2D eigenvalue weighted by molar-refractivity contribution is -0.158. The summed E-state index contributed by atoms with van der Waals surface area (Å²) in [7, 11) is 0. The van der Waals surface area contributed by atoms with Crippen molar-refractivity contribution in [2.45, 2.75) is 44.4 Å². The lowest BCUT2D eigenvalue weighted by Crippen LogP contribution is -2.54. The SMILES string of the molecule is Cc1ccc(C23CC4CC(C2)C(C(=O)O)C(C4)C3)o1. The number of aliphatic carboxylic acids is 1. The Labute approximate surface area is 113 Å². The fourth-order valence-corrected chi connectivity index (χ4v) is 5.45. The van der Waals surface area contributed by atoms with Crippen LogP contribution in [0.3, 0.4) is 0 Å². The maximum absolute atomic E-state index is 11.5. The van der Waals surface area contributed by atoms with Crippen LogP contribution in [0.2, 0.25) is 0 Å². The van der Waals surface area contributed by atoms with Gasteiger partial charge in [-0.1, -0.05) is 0 Å². The van der Waals surface area contributed by atoms with Gasteiger partial charge >= 0.3 is 5.97 Å². The zero-order valence-electron chi connectivity index (χ0n) is 11.3. The molecule has 4 aliphatic rings. The number of carboxylic acid groups (broad SMARTS) is 1. The molecule has 1 aromatic heterocycles. The van der Waals surface area contributed by atoms with Gasteiger partial charge in [0, 0.05) is 5.41 Å². The predicted octanol–water partition coefficient (Wildman–Crippen LogP) is 3.37. The smallest absolute Gasteiger partial charge is 0.307 e. The molecule has 0 saturated heterocycles. The Kier molecular flexibility index (Phi) is 2.22. The highest BCUT2D eigenvalue weighted by molar-refractivity contribution is 5.71. The van der Waals surface area contributed by atoms with Crippen molar-refractivity contribution >= 4 is 5.97 Å². The van der Waals surface area contributed by atoms with E-state index in [9.17, 15) is 9.90 Å². The van der Waals surface area contributed by atoms with Crippen LogP contribution in [-0.4, -0.2) is 11.1 Å². The van der Waals surface area contributed by atoms with E-state index in [0.29, 0.717) is 11.8 Å². The molecule has 1 N–H and O–H groups in total. The average Bonchev–Trinajstić information content (AvgIpc) is 2.74. The molecule has 2 unspecified atom stereocenters. The molecule has 5 rings (SSSR count). The van der Waals surface area contributed by atoms with E-state index in [4.69, 9.17) is 4.42 Å². The fraction of sp³-hybridized carbons (Fsp3) is 0.688. The van der Waals surface area contributed by atoms with Crippen LogP contribution in [0.5, 0.6) is 0 Å². The number of furan rings is 1. The van der Waals surface area contributed by atoms with Crippen LogP contribution in [0.25, 0.3) is 0 Å². The highest BCUT2D eigenvalue weighted by Crippen LogP contribution is 2.62. The lowest BCUT2D eigenvalue weighted by atomic mass is 9.45. The van der Waals surface area contributed by atoms with Gasteiger partial charge in [-0.3, -0.25) is 4.79 Å². The maximum Gasteiger partial charge on any atom is 0.307 e. The highest BCUT2D eigenvalue weighted by Gasteiger charge is 2.58. The summed E-state index contributed by atoms with van der Waals surface area (Å²) < 4.78 is 5.92. The van der Waals surface area contributed by atoms with Crippen molar-refractivity contribution < 1.29 is 14.3 Å². The Morgan fingerprint density at radius 1 is 1.26 bits per heavy atom. The molecule has 2 atom stereocenters. The third kappa shape index (κ3) is 1.53. The van der Waals surface area contributed by atoms with E-state index in [1.165, 1.54) is 6.42 Å². The molecule has 4 bridgehead atoms. The van der Waals surface area contributed by atoms with Crippen LogP contribution >= 0.6 is 0 Å². The van der Waals surface area contributed by atoms with Crippen LogP contribution in [0.15, 0.2) is 16.5 Å². The first-order valence-corrected chi connectivity index (χ1v) is 7.37. The van der Waals surface area contributed by atoms with Gasteiger partial charge in [0.25, 0.3) is 0 Å². The number of carbonyl (C=O) groups is 1. The maximum atomic E-state index is 11.5. The van der Waals surface area contributed by atoms with Crippen LogP contribution < -0.4 is 0 Å². The summed E-state index contributed by atoms with van der Waals surface area (Å²) in [6, 6.07) is 4.17. The third-order valence-electron chi connectivity index (χ3n) is 5.82. The number of aryl methyl sites for hydroxylation is 1. The topological polar surface area (TPSA) is 50.4 Å². The Balaban J connectivity index is 1.73. The molecule has 4 saturated carbocycles. The van der Waals surface area contributed by atoms with Crippen molar-refractivity contribution in [3.63, 3.8) is 0 Å². The van der Waals surface area contributed by atoms with E-state index >= 15 is 0 Å². The zero-order chi connectivity index (χ0) is 13.2. The van der Waals surface area contributed by atoms with E-state index in [-0.39, 0.29) is 11.3 Å². The second-order valence-corrected chi connectivity index (χ2v) is 7.02. The summed E-state index contributed by atoms with van der Waals surface area (Å²) in [4.78, 5) is 11.5. The van der Waals surface area contributed by atoms with Crippen LogP contribution in [0.1, 0.15) is 43.6 Å².